The van der Waals surface area contributed by atoms with Crippen molar-refractivity contribution in [3.05, 3.63) is 64.7 Å². The molecule has 1 aliphatic rings. The summed E-state index contributed by atoms with van der Waals surface area (Å²) in [7, 11) is 0. The molecule has 0 N–H and O–H groups in total. The molecular weight excluding hydrogens is 248 g/mol. The van der Waals surface area contributed by atoms with Gasteiger partial charge in [-0.25, -0.2) is 0 Å². The van der Waals surface area contributed by atoms with Crippen LogP contribution in [0.1, 0.15) is 39.9 Å². The van der Waals surface area contributed by atoms with Crippen LogP contribution in [0.15, 0.2) is 42.5 Å². The van der Waals surface area contributed by atoms with Gasteiger partial charge in [-0.2, -0.15) is 0 Å². The predicted molar refractivity (Wildman–Crippen MR) is 79.2 cm³/mol. The third-order valence-electron chi connectivity index (χ3n) is 3.92. The van der Waals surface area contributed by atoms with E-state index in [0.717, 1.165) is 35.3 Å². The Morgan fingerprint density at radius 2 is 1.85 bits per heavy atom. The number of hydrogen-bond donors (Lipinski definition) is 0. The van der Waals surface area contributed by atoms with E-state index in [9.17, 15) is 4.79 Å². The van der Waals surface area contributed by atoms with Gasteiger partial charge < -0.3 is 4.74 Å². The normalized spacial score (nSPS) is 13.9. The number of fused-ring (bicyclic) bond motifs is 1. The molecule has 2 aromatic carbocycles. The van der Waals surface area contributed by atoms with Gasteiger partial charge in [0.2, 0.25) is 0 Å². The van der Waals surface area contributed by atoms with Gasteiger partial charge in [0.05, 0.1) is 0 Å². The van der Waals surface area contributed by atoms with Crippen LogP contribution >= 0.6 is 0 Å². The Labute approximate surface area is 119 Å². The molecule has 0 saturated carbocycles. The topological polar surface area (TPSA) is 26.3 Å². The molecule has 0 unspecified atom stereocenters. The van der Waals surface area contributed by atoms with E-state index >= 15 is 0 Å². The molecule has 20 heavy (non-hydrogen) atoms. The number of Topliss-reactive ketones (excluding diaryl/α,β-unsaturated/α-hetero) is 1. The van der Waals surface area contributed by atoms with Gasteiger partial charge in [0.25, 0.3) is 0 Å². The summed E-state index contributed by atoms with van der Waals surface area (Å²) in [6, 6.07) is 14.0. The standard InChI is InChI=1S/C18H18O2/c1-13-15-8-5-9-17(19)16(15)10-11-18(13)20-12-14-6-3-2-4-7-14/h2-4,6-7,10-11H,5,8-9,12H2,1H3. The zero-order valence-electron chi connectivity index (χ0n) is 11.7. The molecule has 0 aliphatic heterocycles. The number of benzene rings is 2. The molecule has 102 valence electrons. The lowest BCUT2D eigenvalue weighted by Crippen LogP contribution is -2.13. The SMILES string of the molecule is Cc1c(OCc2ccccc2)ccc2c1CCCC2=O. The summed E-state index contributed by atoms with van der Waals surface area (Å²) >= 11 is 0. The van der Waals surface area contributed by atoms with Crippen molar-refractivity contribution >= 4 is 5.78 Å². The first-order valence-electron chi connectivity index (χ1n) is 7.08. The number of ketones is 1. The molecule has 0 spiro atoms. The molecule has 1 aliphatic carbocycles. The van der Waals surface area contributed by atoms with Crippen LogP contribution in [0.5, 0.6) is 5.75 Å². The molecule has 0 radical (unpaired) electrons. The largest absolute Gasteiger partial charge is 0.489 e. The van der Waals surface area contributed by atoms with Crippen molar-refractivity contribution in [1.29, 1.82) is 0 Å². The Kier molecular flexibility index (Phi) is 3.55. The highest BCUT2D eigenvalue weighted by Gasteiger charge is 2.20. The zero-order chi connectivity index (χ0) is 13.9. The Morgan fingerprint density at radius 3 is 2.65 bits per heavy atom. The molecule has 2 heteroatoms. The molecule has 0 saturated heterocycles. The van der Waals surface area contributed by atoms with Gasteiger partial charge in [-0.15, -0.1) is 0 Å². The van der Waals surface area contributed by atoms with E-state index in [1.54, 1.807) is 0 Å². The van der Waals surface area contributed by atoms with Crippen molar-refractivity contribution in [2.45, 2.75) is 32.8 Å². The van der Waals surface area contributed by atoms with Crippen LogP contribution in [0.4, 0.5) is 0 Å². The maximum Gasteiger partial charge on any atom is 0.163 e. The van der Waals surface area contributed by atoms with Crippen LogP contribution in [0.3, 0.4) is 0 Å². The molecule has 2 aromatic rings. The molecule has 0 atom stereocenters. The first-order chi connectivity index (χ1) is 9.75. The number of hydrogen-bond acceptors (Lipinski definition) is 2. The van der Waals surface area contributed by atoms with Gasteiger partial charge in [0.15, 0.2) is 5.78 Å². The van der Waals surface area contributed by atoms with Crippen LogP contribution in [-0.4, -0.2) is 5.78 Å². The summed E-state index contributed by atoms with van der Waals surface area (Å²) < 4.78 is 5.91. The van der Waals surface area contributed by atoms with Crippen molar-refractivity contribution < 1.29 is 9.53 Å². The van der Waals surface area contributed by atoms with Gasteiger partial charge in [-0.05, 0) is 48.6 Å². The van der Waals surface area contributed by atoms with Crippen LogP contribution in [-0.2, 0) is 13.0 Å². The van der Waals surface area contributed by atoms with Crippen molar-refractivity contribution in [3.8, 4) is 5.75 Å². The van der Waals surface area contributed by atoms with Crippen LogP contribution in [0, 0.1) is 6.92 Å². The summed E-state index contributed by atoms with van der Waals surface area (Å²) in [6.45, 7) is 2.62. The second-order valence-electron chi connectivity index (χ2n) is 5.27. The van der Waals surface area contributed by atoms with Crippen LogP contribution < -0.4 is 4.74 Å². The second-order valence-corrected chi connectivity index (χ2v) is 5.27. The third kappa shape index (κ3) is 2.46. The molecule has 0 amide bonds. The summed E-state index contributed by atoms with van der Waals surface area (Å²) in [6.07, 6.45) is 2.61. The highest BCUT2D eigenvalue weighted by molar-refractivity contribution is 5.99. The van der Waals surface area contributed by atoms with Crippen LogP contribution in [0.2, 0.25) is 0 Å². The van der Waals surface area contributed by atoms with E-state index in [-0.39, 0.29) is 5.78 Å². The molecule has 0 bridgehead atoms. The Hall–Kier alpha value is -2.09. The molecule has 0 aromatic heterocycles. The first kappa shape index (κ1) is 12.9. The highest BCUT2D eigenvalue weighted by atomic mass is 16.5. The number of rotatable bonds is 3. The van der Waals surface area contributed by atoms with E-state index in [1.807, 2.05) is 30.3 Å². The fourth-order valence-corrected chi connectivity index (χ4v) is 2.77. The number of carbonyl (C=O) groups is 1. The fraction of sp³-hybridized carbons (Fsp3) is 0.278. The van der Waals surface area contributed by atoms with E-state index < -0.39 is 0 Å². The molecule has 2 nitrogen and oxygen atoms in total. The fourth-order valence-electron chi connectivity index (χ4n) is 2.77. The maximum atomic E-state index is 11.9. The summed E-state index contributed by atoms with van der Waals surface area (Å²) in [5.74, 6) is 1.16. The Balaban J connectivity index is 1.83. The summed E-state index contributed by atoms with van der Waals surface area (Å²) in [5.41, 5.74) is 4.33. The molecule has 3 rings (SSSR count). The van der Waals surface area contributed by atoms with Gasteiger partial charge in [0.1, 0.15) is 12.4 Å². The minimum Gasteiger partial charge on any atom is -0.489 e. The molecule has 0 fully saturated rings. The van der Waals surface area contributed by atoms with Gasteiger partial charge in [-0.3, -0.25) is 4.79 Å². The highest BCUT2D eigenvalue weighted by Crippen LogP contribution is 2.30. The zero-order valence-corrected chi connectivity index (χ0v) is 11.7. The first-order valence-corrected chi connectivity index (χ1v) is 7.08. The Morgan fingerprint density at radius 1 is 1.05 bits per heavy atom. The monoisotopic (exact) mass is 266 g/mol. The number of ether oxygens (including phenoxy) is 1. The quantitative estimate of drug-likeness (QED) is 0.836. The van der Waals surface area contributed by atoms with Gasteiger partial charge in [-0.1, -0.05) is 30.3 Å². The summed E-state index contributed by atoms with van der Waals surface area (Å²) in [5, 5.41) is 0. The van der Waals surface area contributed by atoms with Crippen molar-refractivity contribution in [1.82, 2.24) is 0 Å². The third-order valence-corrected chi connectivity index (χ3v) is 3.92. The van der Waals surface area contributed by atoms with Crippen molar-refractivity contribution in [2.75, 3.05) is 0 Å². The average Bonchev–Trinajstić information content (AvgIpc) is 2.48. The van der Waals surface area contributed by atoms with E-state index in [0.29, 0.717) is 13.0 Å². The lowest BCUT2D eigenvalue weighted by Gasteiger charge is -2.19. The minimum absolute atomic E-state index is 0.268. The predicted octanol–water partition coefficient (Wildman–Crippen LogP) is 4.09. The van der Waals surface area contributed by atoms with Crippen molar-refractivity contribution in [2.24, 2.45) is 0 Å². The smallest absolute Gasteiger partial charge is 0.163 e. The molecule has 0 heterocycles. The number of carbonyl (C=O) groups excluding carboxylic acids is 1. The maximum absolute atomic E-state index is 11.9. The van der Waals surface area contributed by atoms with Gasteiger partial charge >= 0.3 is 0 Å². The van der Waals surface area contributed by atoms with Gasteiger partial charge in [0, 0.05) is 12.0 Å². The average molecular weight is 266 g/mol. The summed E-state index contributed by atoms with van der Waals surface area (Å²) in [4.78, 5) is 11.9. The lowest BCUT2D eigenvalue weighted by atomic mass is 9.87. The second kappa shape index (κ2) is 5.49. The Bertz CT molecular complexity index is 629. The van der Waals surface area contributed by atoms with E-state index in [2.05, 4.69) is 19.1 Å². The molecular formula is C18H18O2. The van der Waals surface area contributed by atoms with E-state index in [4.69, 9.17) is 4.74 Å². The lowest BCUT2D eigenvalue weighted by molar-refractivity contribution is 0.0972. The van der Waals surface area contributed by atoms with E-state index in [1.165, 1.54) is 5.56 Å². The van der Waals surface area contributed by atoms with Crippen molar-refractivity contribution in [3.63, 3.8) is 0 Å². The van der Waals surface area contributed by atoms with Crippen LogP contribution in [0.25, 0.3) is 0 Å². The minimum atomic E-state index is 0.268.